The van der Waals surface area contributed by atoms with E-state index in [0.717, 1.165) is 0 Å². The highest BCUT2D eigenvalue weighted by atomic mass is 32.2. The minimum atomic E-state index is -2.32. The number of rotatable bonds is 4. The van der Waals surface area contributed by atoms with Gasteiger partial charge in [-0.05, 0) is 12.5 Å². The molecule has 0 heterocycles. The van der Waals surface area contributed by atoms with Gasteiger partial charge in [0.1, 0.15) is 6.61 Å². The highest BCUT2D eigenvalue weighted by Gasteiger charge is 2.00. The van der Waals surface area contributed by atoms with E-state index >= 15 is 0 Å². The maximum absolute atomic E-state index is 11.4. The maximum atomic E-state index is 11.4. The number of alkyl halides is 2. The molecule has 0 aromatic rings. The molecule has 4 heteroatoms. The van der Waals surface area contributed by atoms with Crippen LogP contribution in [0.3, 0.4) is 0 Å². The molecule has 0 saturated carbocycles. The number of thiol groups is 1. The minimum absolute atomic E-state index is 0.187. The molecule has 0 aromatic heterocycles. The number of hydrogen-bond acceptors (Lipinski definition) is 1. The van der Waals surface area contributed by atoms with Gasteiger partial charge in [-0.25, -0.2) is 19.7 Å². The highest BCUT2D eigenvalue weighted by Crippen LogP contribution is 2.12. The lowest BCUT2D eigenvalue weighted by atomic mass is 10.8. The van der Waals surface area contributed by atoms with E-state index in [2.05, 4.69) is 4.74 Å². The summed E-state index contributed by atoms with van der Waals surface area (Å²) in [6.07, 6.45) is 1.65. The Morgan fingerprint density at radius 3 is 2.33 bits per heavy atom. The first-order valence-corrected chi connectivity index (χ1v) is 5.05. The average Bonchev–Trinajstić information content (AvgIpc) is 1.63. The zero-order valence-corrected chi connectivity index (χ0v) is 6.50. The van der Waals surface area contributed by atoms with Gasteiger partial charge in [0.25, 0.3) is 6.43 Å². The summed E-state index contributed by atoms with van der Waals surface area (Å²) in [4.78, 5) is 0. The molecular formula is C5H12F2OS. The first-order valence-electron chi connectivity index (χ1n) is 2.63. The van der Waals surface area contributed by atoms with Crippen LogP contribution in [0, 0.1) is 0 Å². The van der Waals surface area contributed by atoms with Crippen molar-refractivity contribution in [2.75, 3.05) is 25.1 Å². The van der Waals surface area contributed by atoms with Crippen LogP contribution >= 0.6 is 10.9 Å². The summed E-state index contributed by atoms with van der Waals surface area (Å²) in [7, 11) is -0.187. The van der Waals surface area contributed by atoms with Gasteiger partial charge in [-0.3, -0.25) is 0 Å². The topological polar surface area (TPSA) is 9.23 Å². The standard InChI is InChI=1S/C5H12F2OS/c1-9(2)4-8-3-5(6)7/h5,9H,3-4H2,1-2H3. The Bertz CT molecular complexity index is 60.0. The molecule has 0 saturated heterocycles. The molecule has 1 nitrogen and oxygen atoms in total. The molecule has 0 atom stereocenters. The lowest BCUT2D eigenvalue weighted by Gasteiger charge is -2.08. The Kier molecular flexibility index (Phi) is 5.09. The summed E-state index contributed by atoms with van der Waals surface area (Å²) >= 11 is 0. The van der Waals surface area contributed by atoms with Crippen molar-refractivity contribution in [3.63, 3.8) is 0 Å². The maximum Gasteiger partial charge on any atom is 0.261 e. The molecule has 0 fully saturated rings. The van der Waals surface area contributed by atoms with Gasteiger partial charge in [-0.2, -0.15) is 0 Å². The summed E-state index contributed by atoms with van der Waals surface area (Å²) < 4.78 is 27.4. The molecule has 0 amide bonds. The third kappa shape index (κ3) is 8.17. The van der Waals surface area contributed by atoms with E-state index in [1.54, 1.807) is 0 Å². The van der Waals surface area contributed by atoms with Crippen LogP contribution in [0.4, 0.5) is 8.78 Å². The van der Waals surface area contributed by atoms with Gasteiger partial charge in [0.05, 0.1) is 5.94 Å². The molecule has 0 radical (unpaired) electrons. The lowest BCUT2D eigenvalue weighted by molar-refractivity contribution is 0.0363. The third-order valence-electron chi connectivity index (χ3n) is 0.593. The van der Waals surface area contributed by atoms with Crippen molar-refractivity contribution < 1.29 is 13.5 Å². The molecule has 0 bridgehead atoms. The SMILES string of the molecule is C[SH](C)COCC(F)F. The molecule has 0 aliphatic heterocycles. The van der Waals surface area contributed by atoms with E-state index in [0.29, 0.717) is 5.94 Å². The van der Waals surface area contributed by atoms with Crippen LogP contribution in [0.2, 0.25) is 0 Å². The van der Waals surface area contributed by atoms with E-state index in [-0.39, 0.29) is 10.9 Å². The second-order valence-corrected chi connectivity index (χ2v) is 4.39. The quantitative estimate of drug-likeness (QED) is 0.610. The Balaban J connectivity index is 2.91. The number of hydrogen-bond donors (Lipinski definition) is 1. The molecule has 0 aromatic carbocycles. The zero-order valence-electron chi connectivity index (χ0n) is 5.60. The smallest absolute Gasteiger partial charge is 0.261 e. The van der Waals surface area contributed by atoms with Gasteiger partial charge in [0.2, 0.25) is 0 Å². The second-order valence-electron chi connectivity index (χ2n) is 1.97. The summed E-state index contributed by atoms with van der Waals surface area (Å²) in [5.74, 6) is 0.486. The van der Waals surface area contributed by atoms with Crippen LogP contribution in [0.15, 0.2) is 0 Å². The van der Waals surface area contributed by atoms with Crippen molar-refractivity contribution in [1.82, 2.24) is 0 Å². The summed E-state index contributed by atoms with van der Waals surface area (Å²) in [5, 5.41) is 0. The van der Waals surface area contributed by atoms with Gasteiger partial charge in [0.15, 0.2) is 0 Å². The van der Waals surface area contributed by atoms with Gasteiger partial charge in [-0.1, -0.05) is 0 Å². The molecule has 0 spiro atoms. The monoisotopic (exact) mass is 158 g/mol. The van der Waals surface area contributed by atoms with E-state index in [1.165, 1.54) is 0 Å². The van der Waals surface area contributed by atoms with Crippen molar-refractivity contribution in [1.29, 1.82) is 0 Å². The van der Waals surface area contributed by atoms with Crippen molar-refractivity contribution in [2.24, 2.45) is 0 Å². The van der Waals surface area contributed by atoms with Crippen LogP contribution in [0.1, 0.15) is 0 Å². The molecule has 0 rings (SSSR count). The molecule has 0 N–H and O–H groups in total. The van der Waals surface area contributed by atoms with E-state index < -0.39 is 13.0 Å². The van der Waals surface area contributed by atoms with Crippen molar-refractivity contribution in [3.05, 3.63) is 0 Å². The first-order chi connectivity index (χ1) is 4.13. The van der Waals surface area contributed by atoms with Crippen molar-refractivity contribution in [2.45, 2.75) is 6.43 Å². The van der Waals surface area contributed by atoms with Crippen LogP contribution in [-0.2, 0) is 4.74 Å². The van der Waals surface area contributed by atoms with Gasteiger partial charge in [-0.15, -0.1) is 0 Å². The Labute approximate surface area is 56.7 Å². The Morgan fingerprint density at radius 1 is 1.44 bits per heavy atom. The summed E-state index contributed by atoms with van der Waals surface area (Å²) in [6.45, 7) is -0.416. The van der Waals surface area contributed by atoms with E-state index in [9.17, 15) is 8.78 Å². The second kappa shape index (κ2) is 4.99. The Hall–Kier alpha value is 0.170. The number of ether oxygens (including phenoxy) is 1. The summed E-state index contributed by atoms with van der Waals surface area (Å²) in [5.41, 5.74) is 0. The predicted octanol–water partition coefficient (Wildman–Crippen LogP) is 1.49. The van der Waals surface area contributed by atoms with Gasteiger partial charge in [0, 0.05) is 0 Å². The molecule has 0 aliphatic carbocycles. The van der Waals surface area contributed by atoms with E-state index in [1.807, 2.05) is 12.5 Å². The molecule has 0 aliphatic rings. The van der Waals surface area contributed by atoms with Gasteiger partial charge >= 0.3 is 0 Å². The van der Waals surface area contributed by atoms with Crippen LogP contribution in [0.5, 0.6) is 0 Å². The fourth-order valence-corrected chi connectivity index (χ4v) is 0.795. The highest BCUT2D eigenvalue weighted by molar-refractivity contribution is 8.15. The van der Waals surface area contributed by atoms with Crippen LogP contribution in [0.25, 0.3) is 0 Å². The largest absolute Gasteiger partial charge is 0.367 e. The zero-order chi connectivity index (χ0) is 7.28. The first kappa shape index (κ1) is 9.17. The lowest BCUT2D eigenvalue weighted by Crippen LogP contribution is -2.04. The Morgan fingerprint density at radius 2 is 2.00 bits per heavy atom. The predicted molar refractivity (Wildman–Crippen MR) is 37.7 cm³/mol. The molecule has 9 heavy (non-hydrogen) atoms. The fourth-order valence-electron chi connectivity index (χ4n) is 0.324. The molecule has 0 unspecified atom stereocenters. The fraction of sp³-hybridized carbons (Fsp3) is 1.00. The number of halogens is 2. The summed E-state index contributed by atoms with van der Waals surface area (Å²) in [6, 6.07) is 0. The van der Waals surface area contributed by atoms with E-state index in [4.69, 9.17) is 0 Å². The average molecular weight is 158 g/mol. The third-order valence-corrected chi connectivity index (χ3v) is 1.29. The van der Waals surface area contributed by atoms with Gasteiger partial charge < -0.3 is 4.74 Å². The molecular weight excluding hydrogens is 146 g/mol. The van der Waals surface area contributed by atoms with Crippen LogP contribution in [-0.4, -0.2) is 31.5 Å². The van der Waals surface area contributed by atoms with Crippen molar-refractivity contribution >= 4 is 10.9 Å². The van der Waals surface area contributed by atoms with Crippen LogP contribution < -0.4 is 0 Å². The van der Waals surface area contributed by atoms with Crippen molar-refractivity contribution in [3.8, 4) is 0 Å². The molecule has 58 valence electrons. The normalized spacial score (nSPS) is 12.3. The minimum Gasteiger partial charge on any atom is -0.367 e.